The summed E-state index contributed by atoms with van der Waals surface area (Å²) in [5, 5.41) is 3.29. The van der Waals surface area contributed by atoms with E-state index in [-0.39, 0.29) is 30.1 Å². The molecule has 0 aromatic carbocycles. The third-order valence-corrected chi connectivity index (χ3v) is 7.94. The molecule has 1 unspecified atom stereocenters. The van der Waals surface area contributed by atoms with E-state index < -0.39 is 0 Å². The Kier molecular flexibility index (Phi) is 8.80. The molecule has 32 heavy (non-hydrogen) atoms. The van der Waals surface area contributed by atoms with Gasteiger partial charge in [0.1, 0.15) is 0 Å². The zero-order valence-corrected chi connectivity index (χ0v) is 19.7. The number of nitrogens with zero attached hydrogens (tertiary/aromatic N) is 3. The summed E-state index contributed by atoms with van der Waals surface area (Å²) in [4.78, 5) is 31.6. The van der Waals surface area contributed by atoms with Crippen molar-refractivity contribution in [3.05, 3.63) is 0 Å². The quantitative estimate of drug-likeness (QED) is 0.623. The van der Waals surface area contributed by atoms with Crippen LogP contribution in [0.2, 0.25) is 0 Å². The largest absolute Gasteiger partial charge is 0.375 e. The minimum absolute atomic E-state index is 0.151. The number of hydrogen-bond acceptors (Lipinski definition) is 6. The number of hydrogen-bond donors (Lipinski definition) is 2. The van der Waals surface area contributed by atoms with Gasteiger partial charge in [0.2, 0.25) is 11.8 Å². The number of carbonyl (C=O) groups is 2. The highest BCUT2D eigenvalue weighted by molar-refractivity contribution is 5.82. The van der Waals surface area contributed by atoms with E-state index in [2.05, 4.69) is 10.2 Å². The Balaban J connectivity index is 1.12. The zero-order chi connectivity index (χ0) is 22.3. The van der Waals surface area contributed by atoms with Crippen molar-refractivity contribution in [1.29, 1.82) is 0 Å². The average molecular weight is 450 g/mol. The van der Waals surface area contributed by atoms with Gasteiger partial charge in [0, 0.05) is 52.4 Å². The van der Waals surface area contributed by atoms with Crippen molar-refractivity contribution in [3.8, 4) is 0 Å². The molecule has 3 heterocycles. The molecule has 4 rings (SSSR count). The summed E-state index contributed by atoms with van der Waals surface area (Å²) < 4.78 is 6.41. The first-order chi connectivity index (χ1) is 15.6. The van der Waals surface area contributed by atoms with Crippen molar-refractivity contribution in [2.45, 2.75) is 76.0 Å². The first kappa shape index (κ1) is 23.9. The molecule has 1 atom stereocenters. The summed E-state index contributed by atoms with van der Waals surface area (Å²) >= 11 is 0. The number of piperazine rings is 1. The maximum atomic E-state index is 12.9. The smallest absolute Gasteiger partial charge is 0.239 e. The number of carbonyl (C=O) groups excluding carboxylic acids is 2. The lowest BCUT2D eigenvalue weighted by molar-refractivity contribution is -0.139. The third-order valence-electron chi connectivity index (χ3n) is 7.94. The highest BCUT2D eigenvalue weighted by Crippen LogP contribution is 2.27. The van der Waals surface area contributed by atoms with E-state index in [0.717, 1.165) is 90.9 Å². The lowest BCUT2D eigenvalue weighted by atomic mass is 9.83. The molecule has 1 saturated carbocycles. The van der Waals surface area contributed by atoms with Crippen LogP contribution in [0, 0.1) is 5.92 Å². The Morgan fingerprint density at radius 3 is 2.03 bits per heavy atom. The first-order valence-electron chi connectivity index (χ1n) is 13.0. The van der Waals surface area contributed by atoms with Gasteiger partial charge >= 0.3 is 0 Å². The second-order valence-electron chi connectivity index (χ2n) is 10.2. The Morgan fingerprint density at radius 2 is 1.41 bits per heavy atom. The predicted molar refractivity (Wildman–Crippen MR) is 124 cm³/mol. The van der Waals surface area contributed by atoms with Crippen LogP contribution in [0.25, 0.3) is 0 Å². The van der Waals surface area contributed by atoms with E-state index in [1.54, 1.807) is 0 Å². The summed E-state index contributed by atoms with van der Waals surface area (Å²) in [6.07, 6.45) is 10.2. The fraction of sp³-hybridized carbons (Fsp3) is 0.917. The van der Waals surface area contributed by atoms with Crippen LogP contribution in [0.5, 0.6) is 0 Å². The van der Waals surface area contributed by atoms with Crippen LogP contribution in [-0.4, -0.2) is 104 Å². The third kappa shape index (κ3) is 6.43. The molecule has 1 aliphatic carbocycles. The van der Waals surface area contributed by atoms with Gasteiger partial charge in [-0.2, -0.15) is 0 Å². The van der Waals surface area contributed by atoms with Gasteiger partial charge in [-0.3, -0.25) is 14.5 Å². The van der Waals surface area contributed by atoms with Gasteiger partial charge in [0.05, 0.1) is 24.8 Å². The molecule has 0 aromatic rings. The normalized spacial score (nSPS) is 26.3. The van der Waals surface area contributed by atoms with Gasteiger partial charge < -0.3 is 25.6 Å². The first-order valence-corrected chi connectivity index (χ1v) is 13.0. The van der Waals surface area contributed by atoms with Gasteiger partial charge in [0.15, 0.2) is 0 Å². The van der Waals surface area contributed by atoms with Crippen molar-refractivity contribution in [2.24, 2.45) is 11.7 Å². The maximum Gasteiger partial charge on any atom is 0.239 e. The number of nitrogens with one attached hydrogen (secondary N) is 1. The van der Waals surface area contributed by atoms with Crippen LogP contribution in [0.15, 0.2) is 0 Å². The fourth-order valence-electron chi connectivity index (χ4n) is 5.80. The van der Waals surface area contributed by atoms with Crippen molar-refractivity contribution in [1.82, 2.24) is 20.0 Å². The Hall–Kier alpha value is -1.22. The Bertz CT molecular complexity index is 605. The summed E-state index contributed by atoms with van der Waals surface area (Å²) in [5.74, 6) is 0.779. The van der Waals surface area contributed by atoms with Gasteiger partial charge in [0.25, 0.3) is 0 Å². The molecule has 4 aliphatic rings. The summed E-state index contributed by atoms with van der Waals surface area (Å²) in [6, 6.07) is -0.319. The molecule has 4 fully saturated rings. The molecule has 0 bridgehead atoms. The molecule has 2 amide bonds. The second kappa shape index (κ2) is 11.8. The van der Waals surface area contributed by atoms with E-state index in [0.29, 0.717) is 12.5 Å². The standard InChI is InChI=1S/C24H43N5O3/c25-23(19-4-2-1-3-5-19)24(31)29-14-8-21(9-15-29)32-20-6-12-27(13-7-20)18-22(30)28-16-10-26-11-17-28/h19-21,23,26H,1-18,25H2. The average Bonchev–Trinajstić information content (AvgIpc) is 2.86. The van der Waals surface area contributed by atoms with E-state index in [4.69, 9.17) is 10.5 Å². The van der Waals surface area contributed by atoms with Crippen molar-refractivity contribution >= 4 is 11.8 Å². The molecule has 0 radical (unpaired) electrons. The topological polar surface area (TPSA) is 91.1 Å². The number of ether oxygens (including phenoxy) is 1. The number of likely N-dealkylation sites (tertiary alicyclic amines) is 2. The van der Waals surface area contributed by atoms with E-state index in [1.165, 1.54) is 19.3 Å². The van der Waals surface area contributed by atoms with Crippen molar-refractivity contribution in [3.63, 3.8) is 0 Å². The monoisotopic (exact) mass is 449 g/mol. The number of amides is 2. The number of piperidine rings is 2. The molecule has 8 nitrogen and oxygen atoms in total. The van der Waals surface area contributed by atoms with Gasteiger partial charge in [-0.05, 0) is 44.4 Å². The molecular weight excluding hydrogens is 406 g/mol. The predicted octanol–water partition coefficient (Wildman–Crippen LogP) is 0.798. The van der Waals surface area contributed by atoms with Crippen LogP contribution >= 0.6 is 0 Å². The molecule has 8 heteroatoms. The van der Waals surface area contributed by atoms with Gasteiger partial charge in [-0.15, -0.1) is 0 Å². The minimum Gasteiger partial charge on any atom is -0.375 e. The SMILES string of the molecule is NC(C(=O)N1CCC(OC2CCN(CC(=O)N3CCNCC3)CC2)CC1)C1CCCCC1. The van der Waals surface area contributed by atoms with Crippen molar-refractivity contribution in [2.75, 3.05) is 58.9 Å². The molecule has 3 saturated heterocycles. The summed E-state index contributed by atoms with van der Waals surface area (Å²) in [5.41, 5.74) is 6.34. The van der Waals surface area contributed by atoms with Crippen LogP contribution < -0.4 is 11.1 Å². The Labute approximate surface area is 193 Å². The summed E-state index contributed by atoms with van der Waals surface area (Å²) in [7, 11) is 0. The Morgan fingerprint density at radius 1 is 0.812 bits per heavy atom. The van der Waals surface area contributed by atoms with E-state index in [9.17, 15) is 9.59 Å². The van der Waals surface area contributed by atoms with Crippen LogP contribution in [0.3, 0.4) is 0 Å². The molecule has 0 spiro atoms. The number of rotatable bonds is 6. The van der Waals surface area contributed by atoms with Gasteiger partial charge in [-0.1, -0.05) is 19.3 Å². The molecule has 0 aromatic heterocycles. The van der Waals surface area contributed by atoms with Gasteiger partial charge in [-0.25, -0.2) is 0 Å². The zero-order valence-electron chi connectivity index (χ0n) is 19.7. The second-order valence-corrected chi connectivity index (χ2v) is 10.2. The fourth-order valence-corrected chi connectivity index (χ4v) is 5.80. The minimum atomic E-state index is -0.319. The molecule has 3 aliphatic heterocycles. The van der Waals surface area contributed by atoms with E-state index >= 15 is 0 Å². The lowest BCUT2D eigenvalue weighted by Crippen LogP contribution is -2.52. The highest BCUT2D eigenvalue weighted by Gasteiger charge is 2.33. The summed E-state index contributed by atoms with van der Waals surface area (Å²) in [6.45, 7) is 7.37. The highest BCUT2D eigenvalue weighted by atomic mass is 16.5. The molecule has 3 N–H and O–H groups in total. The molecular formula is C24H43N5O3. The lowest BCUT2D eigenvalue weighted by Gasteiger charge is -2.39. The van der Waals surface area contributed by atoms with Crippen molar-refractivity contribution < 1.29 is 14.3 Å². The van der Waals surface area contributed by atoms with Crippen LogP contribution in [0.4, 0.5) is 0 Å². The maximum absolute atomic E-state index is 12.9. The number of nitrogens with two attached hydrogens (primary N) is 1. The molecule has 182 valence electrons. The van der Waals surface area contributed by atoms with Crippen LogP contribution in [0.1, 0.15) is 57.8 Å². The van der Waals surface area contributed by atoms with E-state index in [1.807, 2.05) is 9.80 Å². The van der Waals surface area contributed by atoms with Crippen LogP contribution in [-0.2, 0) is 14.3 Å².